The van der Waals surface area contributed by atoms with Crippen molar-refractivity contribution in [2.24, 2.45) is 0 Å². The number of carboxylic acid groups (broad SMARTS) is 1. The number of alkyl halides is 3. The van der Waals surface area contributed by atoms with Gasteiger partial charge in [-0.15, -0.1) is 0 Å². The van der Waals surface area contributed by atoms with Crippen LogP contribution in [0.5, 0.6) is 0 Å². The second kappa shape index (κ2) is 9.74. The average molecular weight is 258 g/mol. The molecule has 0 atom stereocenters. The van der Waals surface area contributed by atoms with Crippen molar-refractivity contribution in [2.45, 2.75) is 38.8 Å². The van der Waals surface area contributed by atoms with Gasteiger partial charge < -0.3 is 9.90 Å². The molecule has 0 aliphatic carbocycles. The number of allylic oxidation sites excluding steroid dienone is 3. The van der Waals surface area contributed by atoms with E-state index in [1.807, 2.05) is 6.92 Å². The van der Waals surface area contributed by atoms with Crippen molar-refractivity contribution >= 4 is 5.97 Å². The van der Waals surface area contributed by atoms with Crippen LogP contribution in [0.3, 0.4) is 0 Å². The van der Waals surface area contributed by atoms with Gasteiger partial charge in [0.15, 0.2) is 0 Å². The van der Waals surface area contributed by atoms with Gasteiger partial charge in [0, 0.05) is 0 Å². The molecule has 0 aromatic heterocycles. The van der Waals surface area contributed by atoms with E-state index in [0.717, 1.165) is 25.3 Å². The van der Waals surface area contributed by atoms with E-state index in [9.17, 15) is 23.1 Å². The molecule has 92 valence electrons. The van der Waals surface area contributed by atoms with Gasteiger partial charge in [0.25, 0.3) is 0 Å². The largest absolute Gasteiger partial charge is 1.00 e. The predicted molar refractivity (Wildman–Crippen MR) is 52.4 cm³/mol. The summed E-state index contributed by atoms with van der Waals surface area (Å²) in [5.74, 6) is -1.84. The van der Waals surface area contributed by atoms with Crippen molar-refractivity contribution in [3.05, 3.63) is 23.8 Å². The normalized spacial score (nSPS) is 12.6. The number of aliphatic carboxylic acids is 1. The van der Waals surface area contributed by atoms with E-state index in [0.29, 0.717) is 6.42 Å². The van der Waals surface area contributed by atoms with Crippen LogP contribution in [0, 0.1) is 0 Å². The summed E-state index contributed by atoms with van der Waals surface area (Å²) in [5.41, 5.74) is -1.19. The molecular formula is C11H14F3NaO2. The molecule has 17 heavy (non-hydrogen) atoms. The summed E-state index contributed by atoms with van der Waals surface area (Å²) in [7, 11) is 0. The fraction of sp³-hybridized carbons (Fsp3) is 0.545. The first-order chi connectivity index (χ1) is 7.38. The quantitative estimate of drug-likeness (QED) is 0.275. The van der Waals surface area contributed by atoms with E-state index in [2.05, 4.69) is 0 Å². The number of carbonyl (C=O) groups is 1. The molecule has 0 radical (unpaired) electrons. The van der Waals surface area contributed by atoms with Crippen molar-refractivity contribution in [2.75, 3.05) is 0 Å². The third-order valence-corrected chi connectivity index (χ3v) is 1.87. The van der Waals surface area contributed by atoms with Gasteiger partial charge >= 0.3 is 35.7 Å². The maximum Gasteiger partial charge on any atom is 1.00 e. The molecule has 0 bridgehead atoms. The molecule has 0 amide bonds. The van der Waals surface area contributed by atoms with Crippen molar-refractivity contribution in [1.29, 1.82) is 0 Å². The Bertz CT molecular complexity index is 283. The van der Waals surface area contributed by atoms with Crippen LogP contribution in [0.2, 0.25) is 0 Å². The van der Waals surface area contributed by atoms with Crippen LogP contribution in [0.4, 0.5) is 13.2 Å². The molecule has 0 N–H and O–H groups in total. The molecule has 6 heteroatoms. The van der Waals surface area contributed by atoms with Crippen LogP contribution in [-0.2, 0) is 4.79 Å². The monoisotopic (exact) mass is 258 g/mol. The fourth-order valence-corrected chi connectivity index (χ4v) is 1.07. The molecule has 0 saturated heterocycles. The average Bonchev–Trinajstić information content (AvgIpc) is 2.13. The minimum atomic E-state index is -4.65. The molecule has 0 spiro atoms. The molecule has 2 nitrogen and oxygen atoms in total. The van der Waals surface area contributed by atoms with Crippen molar-refractivity contribution in [3.8, 4) is 0 Å². The van der Waals surface area contributed by atoms with Gasteiger partial charge in [-0.1, -0.05) is 31.9 Å². The van der Waals surface area contributed by atoms with Gasteiger partial charge in [0.05, 0.1) is 11.5 Å². The first-order valence-electron chi connectivity index (χ1n) is 5.04. The number of unbranched alkanes of at least 4 members (excludes halogenated alkanes) is 3. The third kappa shape index (κ3) is 10.6. The fourth-order valence-electron chi connectivity index (χ4n) is 1.07. The molecule has 0 aliphatic heterocycles. The second-order valence-corrected chi connectivity index (χ2v) is 3.31. The topological polar surface area (TPSA) is 40.1 Å². The summed E-state index contributed by atoms with van der Waals surface area (Å²) in [4.78, 5) is 10.1. The van der Waals surface area contributed by atoms with Gasteiger partial charge in [-0.25, -0.2) is 0 Å². The standard InChI is InChI=1S/C11H15F3O2.Na/c1-2-3-4-5-6-7-9(8-10(15)16)11(12,13)14;/h6-8H,2-5H2,1H3,(H,15,16);/q;+1/p-1/b7-6+,9-8+;. The Morgan fingerprint density at radius 1 is 1.29 bits per heavy atom. The number of hydrogen-bond acceptors (Lipinski definition) is 2. The zero-order valence-electron chi connectivity index (χ0n) is 10.0. The zero-order chi connectivity index (χ0) is 12.6. The summed E-state index contributed by atoms with van der Waals surface area (Å²) in [5, 5.41) is 10.1. The van der Waals surface area contributed by atoms with E-state index < -0.39 is 17.7 Å². The Morgan fingerprint density at radius 3 is 2.29 bits per heavy atom. The van der Waals surface area contributed by atoms with Gasteiger partial charge in [-0.3, -0.25) is 0 Å². The number of carboxylic acids is 1. The summed E-state index contributed by atoms with van der Waals surface area (Å²) in [6.07, 6.45) is 0.754. The number of hydrogen-bond donors (Lipinski definition) is 0. The Hall–Kier alpha value is -0.260. The first-order valence-corrected chi connectivity index (χ1v) is 5.04. The van der Waals surface area contributed by atoms with Gasteiger partial charge in [0.1, 0.15) is 0 Å². The van der Waals surface area contributed by atoms with Crippen molar-refractivity contribution in [1.82, 2.24) is 0 Å². The van der Waals surface area contributed by atoms with E-state index in [1.54, 1.807) is 0 Å². The summed E-state index contributed by atoms with van der Waals surface area (Å²) in [6, 6.07) is 0. The smallest absolute Gasteiger partial charge is 0.545 e. The summed E-state index contributed by atoms with van der Waals surface area (Å²) < 4.78 is 36.7. The zero-order valence-corrected chi connectivity index (χ0v) is 12.0. The van der Waals surface area contributed by atoms with E-state index in [1.165, 1.54) is 6.08 Å². The van der Waals surface area contributed by atoms with Crippen LogP contribution in [-0.4, -0.2) is 12.1 Å². The van der Waals surface area contributed by atoms with Gasteiger partial charge in [-0.05, 0) is 18.9 Å². The maximum atomic E-state index is 12.2. The molecule has 0 aromatic carbocycles. The van der Waals surface area contributed by atoms with Crippen LogP contribution < -0.4 is 34.7 Å². The Labute approximate surface area is 121 Å². The molecule has 0 aliphatic rings. The molecule has 0 saturated carbocycles. The summed E-state index contributed by atoms with van der Waals surface area (Å²) in [6.45, 7) is 1.99. The predicted octanol–water partition coefficient (Wildman–Crippen LogP) is -0.635. The van der Waals surface area contributed by atoms with Gasteiger partial charge in [-0.2, -0.15) is 13.2 Å². The second-order valence-electron chi connectivity index (χ2n) is 3.31. The van der Waals surface area contributed by atoms with Crippen molar-refractivity contribution in [3.63, 3.8) is 0 Å². The Balaban J connectivity index is 0. The number of carbonyl (C=O) groups excluding carboxylic acids is 1. The third-order valence-electron chi connectivity index (χ3n) is 1.87. The minimum absolute atomic E-state index is 0. The maximum absolute atomic E-state index is 12.2. The van der Waals surface area contributed by atoms with E-state index in [4.69, 9.17) is 0 Å². The first kappa shape index (κ1) is 19.1. The van der Waals surface area contributed by atoms with E-state index >= 15 is 0 Å². The Kier molecular flexibility index (Phi) is 10.9. The molecule has 0 unspecified atom stereocenters. The van der Waals surface area contributed by atoms with Crippen LogP contribution >= 0.6 is 0 Å². The SMILES string of the molecule is CCCCC/C=C/C(=C\C(=O)[O-])C(F)(F)F.[Na+]. The number of rotatable bonds is 6. The molecular weight excluding hydrogens is 244 g/mol. The van der Waals surface area contributed by atoms with Crippen LogP contribution in [0.15, 0.2) is 23.8 Å². The summed E-state index contributed by atoms with van der Waals surface area (Å²) >= 11 is 0. The van der Waals surface area contributed by atoms with Crippen LogP contribution in [0.25, 0.3) is 0 Å². The Morgan fingerprint density at radius 2 is 1.88 bits per heavy atom. The van der Waals surface area contributed by atoms with Crippen molar-refractivity contribution < 1.29 is 52.6 Å². The molecule has 0 heterocycles. The molecule has 0 fully saturated rings. The molecule has 0 rings (SSSR count). The number of halogens is 3. The minimum Gasteiger partial charge on any atom is -0.545 e. The van der Waals surface area contributed by atoms with Gasteiger partial charge in [0.2, 0.25) is 0 Å². The molecule has 0 aromatic rings. The van der Waals surface area contributed by atoms with E-state index in [-0.39, 0.29) is 35.6 Å². The van der Waals surface area contributed by atoms with Crippen LogP contribution in [0.1, 0.15) is 32.6 Å².